The van der Waals surface area contributed by atoms with Gasteiger partial charge in [-0.1, -0.05) is 12.1 Å². The van der Waals surface area contributed by atoms with Gasteiger partial charge in [-0.2, -0.15) is 0 Å². The van der Waals surface area contributed by atoms with Crippen LogP contribution in [0.2, 0.25) is 0 Å². The van der Waals surface area contributed by atoms with Gasteiger partial charge in [0.1, 0.15) is 11.5 Å². The Bertz CT molecular complexity index is 915. The van der Waals surface area contributed by atoms with E-state index in [1.54, 1.807) is 25.3 Å². The molecule has 25 heavy (non-hydrogen) atoms. The zero-order chi connectivity index (χ0) is 17.8. The molecule has 2 aromatic carbocycles. The van der Waals surface area contributed by atoms with Gasteiger partial charge in [0, 0.05) is 17.5 Å². The van der Waals surface area contributed by atoms with E-state index >= 15 is 0 Å². The summed E-state index contributed by atoms with van der Waals surface area (Å²) in [6.07, 6.45) is 0.951. The lowest BCUT2D eigenvalue weighted by atomic mass is 9.74. The molecule has 1 aliphatic carbocycles. The summed E-state index contributed by atoms with van der Waals surface area (Å²) < 4.78 is 16.6. The third-order valence-corrected chi connectivity index (χ3v) is 5.05. The van der Waals surface area contributed by atoms with Crippen molar-refractivity contribution >= 4 is 11.8 Å². The number of ether oxygens (including phenoxy) is 3. The van der Waals surface area contributed by atoms with E-state index in [9.17, 15) is 9.59 Å². The molecule has 1 aliphatic heterocycles. The maximum Gasteiger partial charge on any atom is 0.340 e. The van der Waals surface area contributed by atoms with Gasteiger partial charge in [-0.3, -0.25) is 4.79 Å². The fraction of sp³-hybridized carbons (Fsp3) is 0.300. The molecular weight excluding hydrogens is 320 g/mol. The maximum absolute atomic E-state index is 13.4. The third kappa shape index (κ3) is 2.02. The normalized spacial score (nSPS) is 20.9. The molecule has 0 bridgehead atoms. The van der Waals surface area contributed by atoms with Crippen LogP contribution >= 0.6 is 0 Å². The molecule has 1 heterocycles. The number of carbonyl (C=O) groups is 2. The molecule has 0 N–H and O–H groups in total. The van der Waals surface area contributed by atoms with Crippen molar-refractivity contribution in [2.45, 2.75) is 25.4 Å². The number of hydrogen-bond acceptors (Lipinski definition) is 5. The Morgan fingerprint density at radius 1 is 1.04 bits per heavy atom. The molecule has 0 aromatic heterocycles. The molecule has 4 rings (SSSR count). The quantitative estimate of drug-likeness (QED) is 0.787. The van der Waals surface area contributed by atoms with Gasteiger partial charge in [-0.15, -0.1) is 0 Å². The molecule has 0 saturated carbocycles. The highest BCUT2D eigenvalue weighted by molar-refractivity contribution is 6.12. The van der Waals surface area contributed by atoms with Gasteiger partial charge in [-0.05, 0) is 37.1 Å². The van der Waals surface area contributed by atoms with Crippen LogP contribution in [0.4, 0.5) is 0 Å². The van der Waals surface area contributed by atoms with Crippen molar-refractivity contribution in [3.05, 3.63) is 58.1 Å². The number of aryl methyl sites for hydroxylation is 1. The molecule has 0 saturated heterocycles. The van der Waals surface area contributed by atoms with Gasteiger partial charge in [0.25, 0.3) is 0 Å². The lowest BCUT2D eigenvalue weighted by Crippen LogP contribution is -2.40. The zero-order valence-electron chi connectivity index (χ0n) is 14.3. The molecule has 1 unspecified atom stereocenters. The van der Waals surface area contributed by atoms with E-state index < -0.39 is 11.6 Å². The van der Waals surface area contributed by atoms with Gasteiger partial charge < -0.3 is 14.2 Å². The highest BCUT2D eigenvalue weighted by Gasteiger charge is 2.55. The molecule has 5 heteroatoms. The monoisotopic (exact) mass is 338 g/mol. The van der Waals surface area contributed by atoms with Crippen LogP contribution in [0.15, 0.2) is 30.3 Å². The van der Waals surface area contributed by atoms with Crippen molar-refractivity contribution in [3.8, 4) is 11.5 Å². The molecule has 0 radical (unpaired) electrons. The van der Waals surface area contributed by atoms with E-state index in [1.807, 2.05) is 19.1 Å². The van der Waals surface area contributed by atoms with E-state index in [0.29, 0.717) is 41.0 Å². The first kappa shape index (κ1) is 15.7. The first-order valence-electron chi connectivity index (χ1n) is 8.15. The Labute approximate surface area is 145 Å². The molecule has 2 aliphatic rings. The van der Waals surface area contributed by atoms with E-state index in [1.165, 1.54) is 7.11 Å². The standard InChI is InChI=1S/C20H18O5/c1-11-9-14-17(16(10-11)24-3)20(25-19(14)22)8-7-12-13(18(20)21)5-4-6-15(12)23-2/h4-6,9-10H,7-8H2,1-3H3. The first-order valence-corrected chi connectivity index (χ1v) is 8.15. The molecule has 1 spiro atoms. The first-order chi connectivity index (χ1) is 12.0. The van der Waals surface area contributed by atoms with E-state index in [0.717, 1.165) is 11.1 Å². The summed E-state index contributed by atoms with van der Waals surface area (Å²) in [5, 5.41) is 0. The van der Waals surface area contributed by atoms with Crippen molar-refractivity contribution in [3.63, 3.8) is 0 Å². The molecule has 2 aromatic rings. The van der Waals surface area contributed by atoms with Crippen LogP contribution in [0.3, 0.4) is 0 Å². The Morgan fingerprint density at radius 3 is 2.52 bits per heavy atom. The predicted octanol–water partition coefficient (Wildman–Crippen LogP) is 3.21. The SMILES string of the molecule is COc1cccc2c1CCC1(OC(=O)c3cc(C)cc(OC)c31)C2=O. The molecular formula is C20H18O5. The smallest absolute Gasteiger partial charge is 0.340 e. The fourth-order valence-corrected chi connectivity index (χ4v) is 3.95. The lowest BCUT2D eigenvalue weighted by Gasteiger charge is -2.33. The Hall–Kier alpha value is -2.82. The summed E-state index contributed by atoms with van der Waals surface area (Å²) in [4.78, 5) is 25.9. The number of ketones is 1. The molecule has 128 valence electrons. The van der Waals surface area contributed by atoms with Crippen LogP contribution in [-0.2, 0) is 16.8 Å². The van der Waals surface area contributed by atoms with Crippen molar-refractivity contribution in [1.29, 1.82) is 0 Å². The molecule has 1 atom stereocenters. The number of carbonyl (C=O) groups excluding carboxylic acids is 2. The topological polar surface area (TPSA) is 61.8 Å². The van der Waals surface area contributed by atoms with E-state index in [4.69, 9.17) is 14.2 Å². The minimum atomic E-state index is -1.31. The summed E-state index contributed by atoms with van der Waals surface area (Å²) in [6.45, 7) is 1.88. The highest BCUT2D eigenvalue weighted by Crippen LogP contribution is 2.50. The van der Waals surface area contributed by atoms with Crippen molar-refractivity contribution < 1.29 is 23.8 Å². The minimum absolute atomic E-state index is 0.220. The van der Waals surface area contributed by atoms with Crippen LogP contribution in [-0.4, -0.2) is 26.0 Å². The second-order valence-corrected chi connectivity index (χ2v) is 6.42. The largest absolute Gasteiger partial charge is 0.496 e. The number of hydrogen-bond donors (Lipinski definition) is 0. The second kappa shape index (κ2) is 5.34. The summed E-state index contributed by atoms with van der Waals surface area (Å²) >= 11 is 0. The van der Waals surface area contributed by atoms with Gasteiger partial charge in [-0.25, -0.2) is 4.79 Å². The number of methoxy groups -OCH3 is 2. The Kier molecular flexibility index (Phi) is 3.35. The number of benzene rings is 2. The molecule has 0 fully saturated rings. The fourth-order valence-electron chi connectivity index (χ4n) is 3.95. The highest BCUT2D eigenvalue weighted by atomic mass is 16.6. The summed E-state index contributed by atoms with van der Waals surface area (Å²) in [7, 11) is 3.12. The average Bonchev–Trinajstić information content (AvgIpc) is 2.90. The van der Waals surface area contributed by atoms with E-state index in [-0.39, 0.29) is 5.78 Å². The second-order valence-electron chi connectivity index (χ2n) is 6.42. The van der Waals surface area contributed by atoms with Crippen molar-refractivity contribution in [2.24, 2.45) is 0 Å². The summed E-state index contributed by atoms with van der Waals surface area (Å²) in [6, 6.07) is 8.95. The number of fused-ring (bicyclic) bond motifs is 3. The van der Waals surface area contributed by atoms with Crippen LogP contribution in [0.25, 0.3) is 0 Å². The van der Waals surface area contributed by atoms with Crippen LogP contribution < -0.4 is 9.47 Å². The minimum Gasteiger partial charge on any atom is -0.496 e. The molecule has 0 amide bonds. The van der Waals surface area contributed by atoms with Crippen molar-refractivity contribution in [2.75, 3.05) is 14.2 Å². The van der Waals surface area contributed by atoms with Gasteiger partial charge in [0.05, 0.1) is 25.3 Å². The average molecular weight is 338 g/mol. The maximum atomic E-state index is 13.4. The lowest BCUT2D eigenvalue weighted by molar-refractivity contribution is -0.00699. The number of Topliss-reactive ketones (excluding diaryl/α,β-unsaturated/α-hetero) is 1. The Balaban J connectivity index is 1.94. The van der Waals surface area contributed by atoms with Crippen molar-refractivity contribution in [1.82, 2.24) is 0 Å². The van der Waals surface area contributed by atoms with Crippen LogP contribution in [0, 0.1) is 6.92 Å². The number of rotatable bonds is 2. The van der Waals surface area contributed by atoms with E-state index in [2.05, 4.69) is 0 Å². The summed E-state index contributed by atoms with van der Waals surface area (Å²) in [5.41, 5.74) is 1.92. The van der Waals surface area contributed by atoms with Gasteiger partial charge in [0.15, 0.2) is 0 Å². The van der Waals surface area contributed by atoms with Crippen LogP contribution in [0.1, 0.15) is 43.8 Å². The molecule has 5 nitrogen and oxygen atoms in total. The summed E-state index contributed by atoms with van der Waals surface area (Å²) in [5.74, 6) is 0.500. The van der Waals surface area contributed by atoms with Gasteiger partial charge in [0.2, 0.25) is 11.4 Å². The van der Waals surface area contributed by atoms with Crippen LogP contribution in [0.5, 0.6) is 11.5 Å². The third-order valence-electron chi connectivity index (χ3n) is 5.05. The number of esters is 1. The van der Waals surface area contributed by atoms with Gasteiger partial charge >= 0.3 is 5.97 Å². The zero-order valence-corrected chi connectivity index (χ0v) is 14.3. The predicted molar refractivity (Wildman–Crippen MR) is 90.5 cm³/mol. The Morgan fingerprint density at radius 2 is 1.80 bits per heavy atom.